The maximum absolute atomic E-state index is 12.1. The second-order valence-corrected chi connectivity index (χ2v) is 3.88. The fourth-order valence-corrected chi connectivity index (χ4v) is 1.75. The van der Waals surface area contributed by atoms with Crippen molar-refractivity contribution in [3.8, 4) is 0 Å². The first-order valence-electron chi connectivity index (χ1n) is 5.66. The van der Waals surface area contributed by atoms with Crippen LogP contribution in [-0.4, -0.2) is 20.7 Å². The molecule has 2 aromatic rings. The Kier molecular flexibility index (Phi) is 3.27. The van der Waals surface area contributed by atoms with E-state index in [1.54, 1.807) is 31.6 Å². The molecule has 3 N–H and O–H groups in total. The molecule has 0 radical (unpaired) electrons. The molecule has 0 aliphatic rings. The highest BCUT2D eigenvalue weighted by Gasteiger charge is 2.18. The first-order valence-corrected chi connectivity index (χ1v) is 5.66. The van der Waals surface area contributed by atoms with Gasteiger partial charge in [0.05, 0.1) is 11.4 Å². The van der Waals surface area contributed by atoms with Crippen LogP contribution in [0.1, 0.15) is 23.1 Å². The first-order chi connectivity index (χ1) is 8.63. The molecule has 6 nitrogen and oxygen atoms in total. The first kappa shape index (κ1) is 12.1. The number of carbonyl (C=O) groups excluding carboxylic acids is 1. The lowest BCUT2D eigenvalue weighted by Gasteiger charge is -2.05. The number of carbonyl (C=O) groups is 1. The molecule has 0 aromatic carbocycles. The summed E-state index contributed by atoms with van der Waals surface area (Å²) in [5.74, 6) is -0.270. The summed E-state index contributed by atoms with van der Waals surface area (Å²) in [4.78, 5) is 16.0. The number of nitrogen functional groups attached to an aromatic ring is 1. The maximum atomic E-state index is 12.1. The van der Waals surface area contributed by atoms with E-state index in [0.717, 1.165) is 5.69 Å². The zero-order valence-corrected chi connectivity index (χ0v) is 10.3. The van der Waals surface area contributed by atoms with Crippen molar-refractivity contribution in [1.29, 1.82) is 0 Å². The zero-order chi connectivity index (χ0) is 13.1. The van der Waals surface area contributed by atoms with Gasteiger partial charge in [0.25, 0.3) is 5.91 Å². The van der Waals surface area contributed by atoms with Crippen LogP contribution in [0.15, 0.2) is 24.5 Å². The van der Waals surface area contributed by atoms with Crippen LogP contribution in [0, 0.1) is 0 Å². The molecule has 1 amide bonds. The second kappa shape index (κ2) is 4.87. The van der Waals surface area contributed by atoms with Gasteiger partial charge >= 0.3 is 0 Å². The van der Waals surface area contributed by atoms with Crippen LogP contribution in [-0.2, 0) is 13.5 Å². The smallest absolute Gasteiger partial charge is 0.276 e. The van der Waals surface area contributed by atoms with Gasteiger partial charge in [0, 0.05) is 25.1 Å². The molecule has 6 heteroatoms. The average molecular weight is 245 g/mol. The van der Waals surface area contributed by atoms with Gasteiger partial charge in [-0.3, -0.25) is 14.5 Å². The number of nitrogens with one attached hydrogen (secondary N) is 1. The van der Waals surface area contributed by atoms with Gasteiger partial charge in [0.2, 0.25) is 0 Å². The van der Waals surface area contributed by atoms with Gasteiger partial charge in [-0.15, -0.1) is 0 Å². The summed E-state index contributed by atoms with van der Waals surface area (Å²) in [6, 6.07) is 3.43. The number of aryl methyl sites for hydroxylation is 2. The van der Waals surface area contributed by atoms with Gasteiger partial charge in [-0.2, -0.15) is 5.10 Å². The van der Waals surface area contributed by atoms with Crippen LogP contribution in [0.2, 0.25) is 0 Å². The molecule has 0 spiro atoms. The van der Waals surface area contributed by atoms with E-state index in [4.69, 9.17) is 5.73 Å². The summed E-state index contributed by atoms with van der Waals surface area (Å²) in [5, 5.41) is 6.97. The number of nitrogens with two attached hydrogens (primary N) is 1. The van der Waals surface area contributed by atoms with Crippen LogP contribution >= 0.6 is 0 Å². The number of hydrogen-bond acceptors (Lipinski definition) is 4. The Hall–Kier alpha value is -2.37. The molecule has 2 heterocycles. The minimum atomic E-state index is -0.270. The number of aromatic nitrogens is 3. The molecule has 2 aromatic heterocycles. The van der Waals surface area contributed by atoms with Crippen LogP contribution in [0.5, 0.6) is 0 Å². The minimum absolute atomic E-state index is 0.270. The molecule has 94 valence electrons. The van der Waals surface area contributed by atoms with Crippen LogP contribution in [0.3, 0.4) is 0 Å². The van der Waals surface area contributed by atoms with Crippen molar-refractivity contribution in [3.63, 3.8) is 0 Å². The highest BCUT2D eigenvalue weighted by atomic mass is 16.2. The number of anilines is 2. The summed E-state index contributed by atoms with van der Waals surface area (Å²) in [6.07, 6.45) is 3.92. The Morgan fingerprint density at radius 2 is 2.11 bits per heavy atom. The summed E-state index contributed by atoms with van der Waals surface area (Å²) < 4.78 is 1.50. The fourth-order valence-electron chi connectivity index (χ4n) is 1.75. The number of hydrogen-bond donors (Lipinski definition) is 2. The minimum Gasteiger partial charge on any atom is -0.395 e. The Morgan fingerprint density at radius 1 is 1.44 bits per heavy atom. The van der Waals surface area contributed by atoms with Crippen molar-refractivity contribution >= 4 is 17.3 Å². The Bertz CT molecular complexity index is 561. The molecule has 0 aliphatic carbocycles. The van der Waals surface area contributed by atoms with Crippen molar-refractivity contribution in [1.82, 2.24) is 14.8 Å². The quantitative estimate of drug-likeness (QED) is 0.851. The van der Waals surface area contributed by atoms with E-state index in [9.17, 15) is 4.79 Å². The summed E-state index contributed by atoms with van der Waals surface area (Å²) in [7, 11) is 1.71. The van der Waals surface area contributed by atoms with E-state index in [1.165, 1.54) is 4.68 Å². The largest absolute Gasteiger partial charge is 0.395 e. The lowest BCUT2D eigenvalue weighted by molar-refractivity contribution is 0.101. The molecule has 0 bridgehead atoms. The Labute approximate surface area is 105 Å². The molecular formula is C12H15N5O. The summed E-state index contributed by atoms with van der Waals surface area (Å²) in [5.41, 5.74) is 8.14. The van der Waals surface area contributed by atoms with Crippen molar-refractivity contribution in [2.24, 2.45) is 7.05 Å². The number of amides is 1. The third-order valence-electron chi connectivity index (χ3n) is 2.65. The van der Waals surface area contributed by atoms with Gasteiger partial charge in [-0.05, 0) is 18.6 Å². The van der Waals surface area contributed by atoms with E-state index >= 15 is 0 Å². The molecular weight excluding hydrogens is 230 g/mol. The van der Waals surface area contributed by atoms with Gasteiger partial charge in [-0.1, -0.05) is 6.92 Å². The van der Waals surface area contributed by atoms with Gasteiger partial charge in [-0.25, -0.2) is 0 Å². The Morgan fingerprint density at radius 3 is 2.67 bits per heavy atom. The van der Waals surface area contributed by atoms with Gasteiger partial charge < -0.3 is 11.1 Å². The van der Waals surface area contributed by atoms with Crippen molar-refractivity contribution in [3.05, 3.63) is 35.9 Å². The van der Waals surface area contributed by atoms with E-state index < -0.39 is 0 Å². The van der Waals surface area contributed by atoms with Crippen molar-refractivity contribution < 1.29 is 4.79 Å². The molecule has 18 heavy (non-hydrogen) atoms. The molecule has 0 aliphatic heterocycles. The SMILES string of the molecule is CCc1nn(C)c(C(=O)Nc2ccncc2)c1N. The topological polar surface area (TPSA) is 85.8 Å². The number of rotatable bonds is 3. The standard InChI is InChI=1S/C12H15N5O/c1-3-9-10(13)11(17(2)16-9)12(18)15-8-4-6-14-7-5-8/h4-7H,3,13H2,1-2H3,(H,14,15,18). The number of nitrogens with zero attached hydrogens (tertiary/aromatic N) is 3. The van der Waals surface area contributed by atoms with Crippen molar-refractivity contribution in [2.45, 2.75) is 13.3 Å². The lowest BCUT2D eigenvalue weighted by Crippen LogP contribution is -2.17. The highest BCUT2D eigenvalue weighted by Crippen LogP contribution is 2.18. The van der Waals surface area contributed by atoms with Crippen LogP contribution in [0.25, 0.3) is 0 Å². The molecule has 0 fully saturated rings. The predicted octanol–water partition coefficient (Wildman–Crippen LogP) is 1.21. The third kappa shape index (κ3) is 2.17. The monoisotopic (exact) mass is 245 g/mol. The molecule has 0 unspecified atom stereocenters. The third-order valence-corrected chi connectivity index (χ3v) is 2.65. The second-order valence-electron chi connectivity index (χ2n) is 3.88. The highest BCUT2D eigenvalue weighted by molar-refractivity contribution is 6.06. The maximum Gasteiger partial charge on any atom is 0.276 e. The zero-order valence-electron chi connectivity index (χ0n) is 10.3. The molecule has 0 atom stereocenters. The van der Waals surface area contributed by atoms with Crippen LogP contribution in [0.4, 0.5) is 11.4 Å². The van der Waals surface area contributed by atoms with E-state index in [2.05, 4.69) is 15.4 Å². The van der Waals surface area contributed by atoms with E-state index in [1.807, 2.05) is 6.92 Å². The number of pyridine rings is 1. The Balaban J connectivity index is 2.27. The predicted molar refractivity (Wildman–Crippen MR) is 69.2 cm³/mol. The summed E-state index contributed by atoms with van der Waals surface area (Å²) in [6.45, 7) is 1.95. The average Bonchev–Trinajstić information content (AvgIpc) is 2.65. The van der Waals surface area contributed by atoms with Crippen LogP contribution < -0.4 is 11.1 Å². The molecule has 0 saturated heterocycles. The van der Waals surface area contributed by atoms with Crippen molar-refractivity contribution in [2.75, 3.05) is 11.1 Å². The summed E-state index contributed by atoms with van der Waals surface area (Å²) >= 11 is 0. The fraction of sp³-hybridized carbons (Fsp3) is 0.250. The molecule has 2 rings (SSSR count). The van der Waals surface area contributed by atoms with E-state index in [0.29, 0.717) is 23.5 Å². The molecule has 0 saturated carbocycles. The lowest BCUT2D eigenvalue weighted by atomic mass is 10.2. The van der Waals surface area contributed by atoms with E-state index in [-0.39, 0.29) is 5.91 Å². The normalized spacial score (nSPS) is 10.3. The van der Waals surface area contributed by atoms with Gasteiger partial charge in [0.15, 0.2) is 0 Å². The van der Waals surface area contributed by atoms with Gasteiger partial charge in [0.1, 0.15) is 5.69 Å².